The maximum Gasteiger partial charge on any atom is 0.0110 e. The summed E-state index contributed by atoms with van der Waals surface area (Å²) in [5.41, 5.74) is 0. The Kier molecular flexibility index (Phi) is 11.2. The molecule has 0 aromatic heterocycles. The maximum atomic E-state index is 3.89. The average Bonchev–Trinajstić information content (AvgIpc) is 2.30. The largest absolute Gasteiger partial charge is 0.161 e. The van der Waals surface area contributed by atoms with Crippen molar-refractivity contribution in [3.05, 3.63) is 25.3 Å². The van der Waals surface area contributed by atoms with E-state index in [1.165, 1.54) is 32.1 Å². The van der Waals surface area contributed by atoms with Crippen LogP contribution < -0.4 is 0 Å². The van der Waals surface area contributed by atoms with Crippen LogP contribution in [-0.2, 0) is 0 Å². The summed E-state index contributed by atoms with van der Waals surface area (Å²) in [7, 11) is 0. The molecule has 0 aliphatic heterocycles. The van der Waals surface area contributed by atoms with Crippen LogP contribution in [0.1, 0.15) is 51.9 Å². The van der Waals surface area contributed by atoms with Gasteiger partial charge < -0.3 is 0 Å². The van der Waals surface area contributed by atoms with E-state index in [-0.39, 0.29) is 0 Å². The fourth-order valence-electron chi connectivity index (χ4n) is 2.15. The van der Waals surface area contributed by atoms with Crippen molar-refractivity contribution in [1.29, 1.82) is 0 Å². The lowest BCUT2D eigenvalue weighted by molar-refractivity contribution is 0.444. The molecule has 0 saturated carbocycles. The molecule has 0 aliphatic carbocycles. The third-order valence-corrected chi connectivity index (χ3v) is 4.31. The zero-order chi connectivity index (χ0) is 12.2. The molecule has 0 aromatic rings. The minimum absolute atomic E-state index is 0.733. The fraction of sp³-hybridized carbons (Fsp3) is 0.733. The summed E-state index contributed by atoms with van der Waals surface area (Å²) in [6, 6.07) is 0. The maximum absolute atomic E-state index is 3.89. The molecular weight excluding hydrogens is 212 g/mol. The number of hydrogen-bond donors (Lipinski definition) is 0. The van der Waals surface area contributed by atoms with Gasteiger partial charge in [-0.2, -0.15) is 11.8 Å². The van der Waals surface area contributed by atoms with Gasteiger partial charge >= 0.3 is 0 Å². The molecule has 0 amide bonds. The number of allylic oxidation sites excluding steroid dienone is 2. The Morgan fingerprint density at radius 2 is 1.75 bits per heavy atom. The highest BCUT2D eigenvalue weighted by Crippen LogP contribution is 2.28. The van der Waals surface area contributed by atoms with Gasteiger partial charge in [-0.3, -0.25) is 0 Å². The second-order valence-electron chi connectivity index (χ2n) is 4.43. The third-order valence-electron chi connectivity index (χ3n) is 3.13. The summed E-state index contributed by atoms with van der Waals surface area (Å²) in [4.78, 5) is 0. The normalized spacial score (nSPS) is 14.4. The minimum Gasteiger partial charge on any atom is -0.161 e. The molecule has 0 radical (unpaired) electrons. The van der Waals surface area contributed by atoms with Crippen LogP contribution in [0.5, 0.6) is 0 Å². The first-order valence-corrected chi connectivity index (χ1v) is 7.83. The monoisotopic (exact) mass is 240 g/mol. The molecule has 94 valence electrons. The number of rotatable bonds is 11. The molecule has 2 unspecified atom stereocenters. The van der Waals surface area contributed by atoms with Crippen LogP contribution >= 0.6 is 11.8 Å². The van der Waals surface area contributed by atoms with E-state index in [9.17, 15) is 0 Å². The number of unbranched alkanes of at least 4 members (excludes halogenated alkanes) is 3. The van der Waals surface area contributed by atoms with Crippen molar-refractivity contribution in [3.63, 3.8) is 0 Å². The summed E-state index contributed by atoms with van der Waals surface area (Å²) in [6.45, 7) is 10.0. The van der Waals surface area contributed by atoms with Crippen molar-refractivity contribution in [2.45, 2.75) is 57.1 Å². The van der Waals surface area contributed by atoms with E-state index in [2.05, 4.69) is 38.5 Å². The fourth-order valence-corrected chi connectivity index (χ4v) is 3.11. The Hall–Kier alpha value is -0.170. The van der Waals surface area contributed by atoms with Gasteiger partial charge in [0, 0.05) is 5.25 Å². The highest BCUT2D eigenvalue weighted by atomic mass is 32.2. The van der Waals surface area contributed by atoms with Gasteiger partial charge in [0.2, 0.25) is 0 Å². The first kappa shape index (κ1) is 15.8. The molecule has 0 fully saturated rings. The van der Waals surface area contributed by atoms with Gasteiger partial charge in [-0.15, -0.1) is 13.2 Å². The highest BCUT2D eigenvalue weighted by molar-refractivity contribution is 7.99. The van der Waals surface area contributed by atoms with Gasteiger partial charge in [0.05, 0.1) is 0 Å². The number of thioether (sulfide) groups is 1. The second-order valence-corrected chi connectivity index (χ2v) is 5.51. The molecular formula is C15H28S. The zero-order valence-electron chi connectivity index (χ0n) is 11.1. The Morgan fingerprint density at radius 3 is 2.25 bits per heavy atom. The first-order chi connectivity index (χ1) is 7.79. The quantitative estimate of drug-likeness (QED) is 0.341. The van der Waals surface area contributed by atoms with E-state index < -0.39 is 0 Å². The van der Waals surface area contributed by atoms with Crippen molar-refractivity contribution in [2.75, 3.05) is 6.26 Å². The van der Waals surface area contributed by atoms with Crippen LogP contribution in [0.2, 0.25) is 0 Å². The van der Waals surface area contributed by atoms with Crippen molar-refractivity contribution >= 4 is 11.8 Å². The standard InChI is InChI=1S/C15H28S/c1-5-8-9-10-13-14(11-6-2)15(16-4)12-7-3/h6-7,14-15H,2-3,5,8-13H2,1,4H3. The van der Waals surface area contributed by atoms with Gasteiger partial charge in [0.25, 0.3) is 0 Å². The molecule has 0 aliphatic rings. The molecule has 0 spiro atoms. The van der Waals surface area contributed by atoms with Crippen LogP contribution in [0, 0.1) is 5.92 Å². The molecule has 16 heavy (non-hydrogen) atoms. The van der Waals surface area contributed by atoms with Gasteiger partial charge in [-0.25, -0.2) is 0 Å². The molecule has 0 saturated heterocycles. The Morgan fingerprint density at radius 1 is 1.06 bits per heavy atom. The van der Waals surface area contributed by atoms with Crippen molar-refractivity contribution < 1.29 is 0 Å². The highest BCUT2D eigenvalue weighted by Gasteiger charge is 2.17. The molecule has 0 N–H and O–H groups in total. The summed E-state index contributed by atoms with van der Waals surface area (Å²) in [5, 5.41) is 0.733. The van der Waals surface area contributed by atoms with E-state index in [1.54, 1.807) is 0 Å². The molecule has 2 atom stereocenters. The third kappa shape index (κ3) is 7.16. The van der Waals surface area contributed by atoms with Crippen molar-refractivity contribution in [2.24, 2.45) is 5.92 Å². The predicted octanol–water partition coefficient (Wildman–Crippen LogP) is 5.46. The second kappa shape index (κ2) is 11.3. The topological polar surface area (TPSA) is 0 Å². The Balaban J connectivity index is 4.00. The average molecular weight is 240 g/mol. The molecule has 0 heterocycles. The lowest BCUT2D eigenvalue weighted by atomic mass is 9.92. The van der Waals surface area contributed by atoms with Crippen LogP contribution in [0.25, 0.3) is 0 Å². The van der Waals surface area contributed by atoms with Crippen LogP contribution in [-0.4, -0.2) is 11.5 Å². The van der Waals surface area contributed by atoms with Crippen LogP contribution in [0.15, 0.2) is 25.3 Å². The summed E-state index contributed by atoms with van der Waals surface area (Å²) >= 11 is 1.99. The first-order valence-electron chi connectivity index (χ1n) is 6.54. The lowest BCUT2D eigenvalue weighted by Crippen LogP contribution is -2.16. The zero-order valence-corrected chi connectivity index (χ0v) is 11.9. The minimum atomic E-state index is 0.733. The van der Waals surface area contributed by atoms with E-state index >= 15 is 0 Å². The summed E-state index contributed by atoms with van der Waals surface area (Å²) in [6.07, 6.45) is 15.5. The van der Waals surface area contributed by atoms with E-state index in [4.69, 9.17) is 0 Å². The lowest BCUT2D eigenvalue weighted by Gasteiger charge is -2.23. The molecule has 0 rings (SSSR count). The molecule has 0 bridgehead atoms. The van der Waals surface area contributed by atoms with Crippen LogP contribution in [0.3, 0.4) is 0 Å². The molecule has 0 nitrogen and oxygen atoms in total. The summed E-state index contributed by atoms with van der Waals surface area (Å²) in [5.74, 6) is 0.794. The van der Waals surface area contributed by atoms with Gasteiger partial charge in [-0.1, -0.05) is 44.8 Å². The van der Waals surface area contributed by atoms with Gasteiger partial charge in [-0.05, 0) is 31.4 Å². The number of hydrogen-bond acceptors (Lipinski definition) is 1. The van der Waals surface area contributed by atoms with E-state index in [0.29, 0.717) is 0 Å². The molecule has 1 heteroatoms. The SMILES string of the molecule is C=CCC(CCCCCC)C(CC=C)SC. The van der Waals surface area contributed by atoms with E-state index in [1.807, 2.05) is 11.8 Å². The summed E-state index contributed by atoms with van der Waals surface area (Å²) < 4.78 is 0. The van der Waals surface area contributed by atoms with E-state index in [0.717, 1.165) is 24.0 Å². The Bertz CT molecular complexity index is 174. The van der Waals surface area contributed by atoms with Crippen LogP contribution in [0.4, 0.5) is 0 Å². The van der Waals surface area contributed by atoms with Gasteiger partial charge in [0.1, 0.15) is 0 Å². The smallest absolute Gasteiger partial charge is 0.0110 e. The van der Waals surface area contributed by atoms with Crippen molar-refractivity contribution in [1.82, 2.24) is 0 Å². The Labute approximate surface area is 107 Å². The van der Waals surface area contributed by atoms with Crippen molar-refractivity contribution in [3.8, 4) is 0 Å². The molecule has 0 aromatic carbocycles. The van der Waals surface area contributed by atoms with Gasteiger partial charge in [0.15, 0.2) is 0 Å². The predicted molar refractivity (Wildman–Crippen MR) is 79.2 cm³/mol.